The maximum atomic E-state index is 12.6. The maximum absolute atomic E-state index is 12.6. The minimum absolute atomic E-state index is 0.0177. The van der Waals surface area contributed by atoms with Crippen LogP contribution < -0.4 is 5.32 Å². The van der Waals surface area contributed by atoms with Gasteiger partial charge in [-0.3, -0.25) is 9.78 Å². The van der Waals surface area contributed by atoms with Gasteiger partial charge in [0, 0.05) is 34.6 Å². The van der Waals surface area contributed by atoms with E-state index < -0.39 is 0 Å². The van der Waals surface area contributed by atoms with Gasteiger partial charge >= 0.3 is 0 Å². The molecule has 0 radical (unpaired) electrons. The summed E-state index contributed by atoms with van der Waals surface area (Å²) < 4.78 is 0. The number of aliphatic hydroxyl groups is 1. The predicted octanol–water partition coefficient (Wildman–Crippen LogP) is 3.21. The molecule has 3 rings (SSSR count). The van der Waals surface area contributed by atoms with E-state index in [1.807, 2.05) is 29.6 Å². The number of nitrogens with zero attached hydrogens (tertiary/aromatic N) is 1. The second-order valence-electron chi connectivity index (χ2n) is 6.54. The van der Waals surface area contributed by atoms with E-state index in [4.69, 9.17) is 0 Å². The van der Waals surface area contributed by atoms with Crippen LogP contribution in [-0.2, 0) is 12.8 Å². The number of aromatic nitrogens is 1. The molecule has 1 unspecified atom stereocenters. The average Bonchev–Trinajstić information content (AvgIpc) is 3.01. The Kier molecular flexibility index (Phi) is 5.63. The molecule has 0 spiro atoms. The summed E-state index contributed by atoms with van der Waals surface area (Å²) in [5.41, 5.74) is 1.72. The standard InChI is InChI=1S/C19H24N2O2S/c1-2-5-17-10-14(12-24-17)19(23)21-18(13-8-16(22)9-13)11-15-6-3-4-7-20-15/h3-4,6-7,10,12-13,16,18,22H,2,5,8-9,11H2,1H3,(H,21,23). The Labute approximate surface area is 146 Å². The molecule has 2 N–H and O–H groups in total. The van der Waals surface area contributed by atoms with Gasteiger partial charge in [0.15, 0.2) is 0 Å². The van der Waals surface area contributed by atoms with Gasteiger partial charge in [-0.1, -0.05) is 19.4 Å². The first-order chi connectivity index (χ1) is 11.7. The smallest absolute Gasteiger partial charge is 0.252 e. The highest BCUT2D eigenvalue weighted by molar-refractivity contribution is 7.10. The normalized spacial score (nSPS) is 21.1. The van der Waals surface area contributed by atoms with Crippen molar-refractivity contribution in [2.75, 3.05) is 0 Å². The van der Waals surface area contributed by atoms with Crippen molar-refractivity contribution in [1.82, 2.24) is 10.3 Å². The lowest BCUT2D eigenvalue weighted by molar-refractivity contribution is 0.0238. The van der Waals surface area contributed by atoms with E-state index >= 15 is 0 Å². The molecule has 1 aliphatic carbocycles. The van der Waals surface area contributed by atoms with Gasteiger partial charge in [-0.25, -0.2) is 0 Å². The topological polar surface area (TPSA) is 62.2 Å². The molecule has 2 aromatic rings. The van der Waals surface area contributed by atoms with Crippen LogP contribution in [0.5, 0.6) is 0 Å². The largest absolute Gasteiger partial charge is 0.393 e. The fraction of sp³-hybridized carbons (Fsp3) is 0.474. The summed E-state index contributed by atoms with van der Waals surface area (Å²) >= 11 is 1.65. The molecule has 0 aliphatic heterocycles. The summed E-state index contributed by atoms with van der Waals surface area (Å²) in [5, 5.41) is 14.7. The zero-order chi connectivity index (χ0) is 16.9. The number of carbonyl (C=O) groups excluding carboxylic acids is 1. The zero-order valence-electron chi connectivity index (χ0n) is 13.9. The molecule has 128 valence electrons. The fourth-order valence-corrected chi connectivity index (χ4v) is 4.14. The van der Waals surface area contributed by atoms with Gasteiger partial charge in [0.25, 0.3) is 5.91 Å². The minimum Gasteiger partial charge on any atom is -0.393 e. The van der Waals surface area contributed by atoms with Gasteiger partial charge in [-0.15, -0.1) is 11.3 Å². The van der Waals surface area contributed by atoms with Crippen molar-refractivity contribution in [2.24, 2.45) is 5.92 Å². The molecule has 4 nitrogen and oxygen atoms in total. The number of pyridine rings is 1. The van der Waals surface area contributed by atoms with E-state index in [0.29, 0.717) is 12.3 Å². The van der Waals surface area contributed by atoms with Crippen LogP contribution in [0.3, 0.4) is 0 Å². The Balaban J connectivity index is 1.67. The Bertz CT molecular complexity index is 665. The van der Waals surface area contributed by atoms with E-state index in [2.05, 4.69) is 17.2 Å². The summed E-state index contributed by atoms with van der Waals surface area (Å²) in [7, 11) is 0. The fourth-order valence-electron chi connectivity index (χ4n) is 3.17. The zero-order valence-corrected chi connectivity index (χ0v) is 14.8. The monoisotopic (exact) mass is 344 g/mol. The molecule has 5 heteroatoms. The summed E-state index contributed by atoms with van der Waals surface area (Å²) in [4.78, 5) is 18.2. The highest BCUT2D eigenvalue weighted by Gasteiger charge is 2.35. The number of nitrogens with one attached hydrogen (secondary N) is 1. The molecule has 0 saturated heterocycles. The van der Waals surface area contributed by atoms with Crippen LogP contribution in [0, 0.1) is 5.92 Å². The SMILES string of the molecule is CCCc1cc(C(=O)NC(Cc2ccccn2)C2CC(O)C2)cs1. The Morgan fingerprint density at radius 2 is 2.29 bits per heavy atom. The van der Waals surface area contributed by atoms with Crippen molar-refractivity contribution < 1.29 is 9.90 Å². The third kappa shape index (κ3) is 4.22. The lowest BCUT2D eigenvalue weighted by Gasteiger charge is -2.38. The number of carbonyl (C=O) groups is 1. The molecule has 1 atom stereocenters. The maximum Gasteiger partial charge on any atom is 0.252 e. The van der Waals surface area contributed by atoms with Crippen LogP contribution in [0.4, 0.5) is 0 Å². The summed E-state index contributed by atoms with van der Waals surface area (Å²) in [6.45, 7) is 2.14. The summed E-state index contributed by atoms with van der Waals surface area (Å²) in [6.07, 6.45) is 5.87. The number of hydrogen-bond acceptors (Lipinski definition) is 4. The number of thiophene rings is 1. The van der Waals surface area contributed by atoms with Crippen LogP contribution in [0.15, 0.2) is 35.8 Å². The van der Waals surface area contributed by atoms with Crippen molar-refractivity contribution >= 4 is 17.2 Å². The number of rotatable bonds is 7. The van der Waals surface area contributed by atoms with Crippen molar-refractivity contribution in [2.45, 2.75) is 51.2 Å². The first-order valence-electron chi connectivity index (χ1n) is 8.62. The molecule has 2 heterocycles. The van der Waals surface area contributed by atoms with Gasteiger partial charge in [-0.05, 0) is 43.4 Å². The van der Waals surface area contributed by atoms with Crippen LogP contribution >= 0.6 is 11.3 Å². The van der Waals surface area contributed by atoms with Gasteiger partial charge in [0.2, 0.25) is 0 Å². The van der Waals surface area contributed by atoms with Crippen LogP contribution in [-0.4, -0.2) is 28.1 Å². The minimum atomic E-state index is -0.226. The Morgan fingerprint density at radius 1 is 1.46 bits per heavy atom. The molecular formula is C19H24N2O2S. The predicted molar refractivity (Wildman–Crippen MR) is 96.2 cm³/mol. The van der Waals surface area contributed by atoms with Crippen molar-refractivity contribution in [3.63, 3.8) is 0 Å². The molecular weight excluding hydrogens is 320 g/mol. The molecule has 0 bridgehead atoms. The number of aryl methyl sites for hydroxylation is 1. The molecule has 1 fully saturated rings. The number of hydrogen-bond donors (Lipinski definition) is 2. The van der Waals surface area contributed by atoms with Crippen molar-refractivity contribution in [3.05, 3.63) is 52.0 Å². The molecule has 24 heavy (non-hydrogen) atoms. The van der Waals surface area contributed by atoms with E-state index in [-0.39, 0.29) is 18.1 Å². The van der Waals surface area contributed by atoms with Crippen molar-refractivity contribution in [3.8, 4) is 0 Å². The van der Waals surface area contributed by atoms with E-state index in [9.17, 15) is 9.90 Å². The first kappa shape index (κ1) is 17.1. The van der Waals surface area contributed by atoms with Gasteiger partial charge in [0.05, 0.1) is 11.7 Å². The average molecular weight is 344 g/mol. The van der Waals surface area contributed by atoms with E-state index in [1.54, 1.807) is 17.5 Å². The van der Waals surface area contributed by atoms with Gasteiger partial charge in [0.1, 0.15) is 0 Å². The third-order valence-corrected chi connectivity index (χ3v) is 5.60. The first-order valence-corrected chi connectivity index (χ1v) is 9.50. The Hall–Kier alpha value is -1.72. The summed E-state index contributed by atoms with van der Waals surface area (Å²) in [6, 6.07) is 7.86. The van der Waals surface area contributed by atoms with E-state index in [1.165, 1.54) is 4.88 Å². The van der Waals surface area contributed by atoms with Crippen LogP contribution in [0.2, 0.25) is 0 Å². The second kappa shape index (κ2) is 7.90. The van der Waals surface area contributed by atoms with Gasteiger partial charge < -0.3 is 10.4 Å². The summed E-state index contributed by atoms with van der Waals surface area (Å²) in [5.74, 6) is 0.302. The molecule has 1 saturated carbocycles. The Morgan fingerprint density at radius 3 is 2.96 bits per heavy atom. The lowest BCUT2D eigenvalue weighted by Crippen LogP contribution is -2.48. The number of amides is 1. The molecule has 2 aromatic heterocycles. The molecule has 1 amide bonds. The highest BCUT2D eigenvalue weighted by atomic mass is 32.1. The molecule has 0 aromatic carbocycles. The number of aliphatic hydroxyl groups excluding tert-OH is 1. The van der Waals surface area contributed by atoms with Crippen LogP contribution in [0.25, 0.3) is 0 Å². The molecule has 1 aliphatic rings. The van der Waals surface area contributed by atoms with E-state index in [0.717, 1.165) is 36.9 Å². The quantitative estimate of drug-likeness (QED) is 0.811. The third-order valence-electron chi connectivity index (χ3n) is 4.60. The highest BCUT2D eigenvalue weighted by Crippen LogP contribution is 2.32. The van der Waals surface area contributed by atoms with Gasteiger partial charge in [-0.2, -0.15) is 0 Å². The second-order valence-corrected chi connectivity index (χ2v) is 7.54. The lowest BCUT2D eigenvalue weighted by atomic mass is 9.76. The van der Waals surface area contributed by atoms with Crippen molar-refractivity contribution in [1.29, 1.82) is 0 Å². The van der Waals surface area contributed by atoms with Crippen LogP contribution in [0.1, 0.15) is 47.1 Å².